The van der Waals surface area contributed by atoms with Crippen LogP contribution >= 0.6 is 0 Å². The lowest BCUT2D eigenvalue weighted by molar-refractivity contribution is -0.138. The minimum atomic E-state index is -4.31. The smallest absolute Gasteiger partial charge is 0.416 e. The van der Waals surface area contributed by atoms with Crippen molar-refractivity contribution in [3.8, 4) is 16.9 Å². The second-order valence-corrected chi connectivity index (χ2v) is 36.3. The standard InChI is InChI=1S/C20H23NO.C18H24N2O.C17H24N2O.C15H19NO2.C14H19N.C13H14F3N/c1-5-22-19-9-7-6-8-15(19)16-12-14-10-11-21-18(14)13-17(16)20(2,3)4;1-18(2,3)15-12-16-13(7-8-19-16)11-14(15)17(21)20-9-5-4-6-10-20;1-11(2)10-19-16(20)13-8-12-6-7-18-15(12)9-14(13)17(3,4)5;1-5-18-14(17)11-8-10-6-7-16-13(10)9-12(11)15(2,3)4;1-5-10-8-11-6-7-15-13(11)9-12(10)14(2,3)4;1-12(2,3)9-7-11-8(4-5-17-11)6-10(9)13(14,15)16/h6-13,21H,5H2,1-4H3;7-8,11-12,19H,4-6,9-10H2,1-3H3;6-9,11,18H,10H2,1-5H3,(H,19,20);6-9,16H,5H2,1-4H3;6-9,15H,5H2,1-4H3;4-7,17H,1-3H3. The number of likely N-dealkylation sites (tertiary alicyclic amines) is 1. The van der Waals surface area contributed by atoms with E-state index in [1.54, 1.807) is 39.1 Å². The molecule has 602 valence electrons. The first-order valence-electron chi connectivity index (χ1n) is 40.1. The summed E-state index contributed by atoms with van der Waals surface area (Å²) in [4.78, 5) is 58.7. The molecule has 1 aliphatic heterocycles. The molecule has 7 N–H and O–H groups in total. The molecule has 113 heavy (non-hydrogen) atoms. The first kappa shape index (κ1) is 86.8. The molecule has 1 saturated heterocycles. The van der Waals surface area contributed by atoms with Crippen LogP contribution in [-0.4, -0.2) is 85.4 Å². The number of fused-ring (bicyclic) bond motifs is 6. The Morgan fingerprint density at radius 3 is 1.19 bits per heavy atom. The molecule has 7 heterocycles. The summed E-state index contributed by atoms with van der Waals surface area (Å²) >= 11 is 0. The Balaban J connectivity index is 0.000000156. The number of hydrogen-bond acceptors (Lipinski definition) is 5. The van der Waals surface area contributed by atoms with Crippen LogP contribution in [0.2, 0.25) is 0 Å². The zero-order chi connectivity index (χ0) is 82.9. The van der Waals surface area contributed by atoms with Gasteiger partial charge < -0.3 is 49.6 Å². The van der Waals surface area contributed by atoms with E-state index in [-0.39, 0.29) is 44.9 Å². The van der Waals surface area contributed by atoms with Gasteiger partial charge in [-0.2, -0.15) is 13.2 Å². The average Bonchev–Trinajstić information content (AvgIpc) is 1.78. The maximum Gasteiger partial charge on any atom is 0.416 e. The largest absolute Gasteiger partial charge is 0.493 e. The van der Waals surface area contributed by atoms with E-state index < -0.39 is 17.2 Å². The summed E-state index contributed by atoms with van der Waals surface area (Å²) < 4.78 is 50.0. The first-order chi connectivity index (χ1) is 52.9. The summed E-state index contributed by atoms with van der Waals surface area (Å²) in [6.07, 6.45) is 11.7. The molecule has 0 aliphatic carbocycles. The van der Waals surface area contributed by atoms with Gasteiger partial charge in [-0.1, -0.05) is 164 Å². The lowest BCUT2D eigenvalue weighted by Crippen LogP contribution is -2.36. The number of nitrogens with one attached hydrogen (secondary N) is 7. The van der Waals surface area contributed by atoms with Gasteiger partial charge in [0.25, 0.3) is 11.8 Å². The van der Waals surface area contributed by atoms with E-state index in [0.717, 1.165) is 110 Å². The summed E-state index contributed by atoms with van der Waals surface area (Å²) in [5.41, 5.74) is 17.9. The zero-order valence-electron chi connectivity index (χ0n) is 71.2. The Hall–Kier alpha value is -10.2. The van der Waals surface area contributed by atoms with Crippen LogP contribution in [-0.2, 0) is 49.8 Å². The molecule has 7 aromatic carbocycles. The fourth-order valence-corrected chi connectivity index (χ4v) is 14.6. The summed E-state index contributed by atoms with van der Waals surface area (Å²) in [5.74, 6) is 1.37. The number of ether oxygens (including phenoxy) is 2. The number of halogens is 3. The number of para-hydroxylation sites is 1. The molecule has 13 aromatic rings. The molecule has 0 saturated carbocycles. The predicted octanol–water partition coefficient (Wildman–Crippen LogP) is 25.6. The summed E-state index contributed by atoms with van der Waals surface area (Å²) in [5, 5.41) is 9.38. The number of aromatic amines is 6. The van der Waals surface area contributed by atoms with Gasteiger partial charge in [-0.05, 0) is 254 Å². The molecule has 0 bridgehead atoms. The lowest BCUT2D eigenvalue weighted by atomic mass is 9.81. The number of nitrogens with zero attached hydrogens (tertiary/aromatic N) is 1. The summed E-state index contributed by atoms with van der Waals surface area (Å²) in [7, 11) is 0. The van der Waals surface area contributed by atoms with Crippen molar-refractivity contribution in [2.75, 3.05) is 32.8 Å². The molecule has 2 amide bonds. The van der Waals surface area contributed by atoms with Crippen molar-refractivity contribution in [1.29, 1.82) is 0 Å². The second kappa shape index (κ2) is 35.4. The minimum Gasteiger partial charge on any atom is -0.493 e. The second-order valence-electron chi connectivity index (χ2n) is 36.3. The number of aryl methyl sites for hydroxylation is 1. The highest BCUT2D eigenvalue weighted by Gasteiger charge is 2.37. The average molecular weight is 1540 g/mol. The van der Waals surface area contributed by atoms with Gasteiger partial charge >= 0.3 is 12.1 Å². The minimum absolute atomic E-state index is 0.0201. The van der Waals surface area contributed by atoms with Crippen LogP contribution in [0.4, 0.5) is 13.2 Å². The third kappa shape index (κ3) is 21.8. The molecule has 14 rings (SSSR count). The molecule has 0 atom stereocenters. The van der Waals surface area contributed by atoms with E-state index in [0.29, 0.717) is 42.2 Å². The van der Waals surface area contributed by atoms with Gasteiger partial charge in [0, 0.05) is 123 Å². The van der Waals surface area contributed by atoms with Crippen LogP contribution in [0, 0.1) is 5.92 Å². The van der Waals surface area contributed by atoms with Gasteiger partial charge in [-0.25, -0.2) is 4.79 Å². The Labute approximate surface area is 667 Å². The number of piperidine rings is 1. The number of benzene rings is 7. The number of amides is 2. The van der Waals surface area contributed by atoms with Gasteiger partial charge in [-0.3, -0.25) is 9.59 Å². The van der Waals surface area contributed by atoms with Crippen molar-refractivity contribution >= 4 is 83.2 Å². The number of esters is 1. The lowest BCUT2D eigenvalue weighted by Gasteiger charge is -2.30. The van der Waals surface area contributed by atoms with Crippen molar-refractivity contribution in [3.63, 3.8) is 0 Å². The van der Waals surface area contributed by atoms with Gasteiger partial charge in [-0.15, -0.1) is 0 Å². The summed E-state index contributed by atoms with van der Waals surface area (Å²) in [6.45, 7) is 52.0. The third-order valence-electron chi connectivity index (χ3n) is 20.5. The van der Waals surface area contributed by atoms with E-state index >= 15 is 0 Å². The molecule has 1 aliphatic rings. The molecule has 0 unspecified atom stereocenters. The highest BCUT2D eigenvalue weighted by Crippen LogP contribution is 2.43. The van der Waals surface area contributed by atoms with Crippen molar-refractivity contribution in [2.24, 2.45) is 5.92 Å². The molecule has 1 fully saturated rings. The molecule has 0 radical (unpaired) electrons. The zero-order valence-corrected chi connectivity index (χ0v) is 71.2. The van der Waals surface area contributed by atoms with Gasteiger partial charge in [0.05, 0.1) is 24.3 Å². The van der Waals surface area contributed by atoms with Crippen LogP contribution in [0.1, 0.15) is 254 Å². The van der Waals surface area contributed by atoms with Crippen LogP contribution in [0.5, 0.6) is 5.75 Å². The molecule has 13 nitrogen and oxygen atoms in total. The van der Waals surface area contributed by atoms with Gasteiger partial charge in [0.1, 0.15) is 5.75 Å². The third-order valence-corrected chi connectivity index (χ3v) is 20.5. The van der Waals surface area contributed by atoms with E-state index in [1.807, 2.05) is 98.3 Å². The number of H-pyrrole nitrogens is 6. The van der Waals surface area contributed by atoms with E-state index in [4.69, 9.17) is 9.47 Å². The number of alkyl halides is 3. The van der Waals surface area contributed by atoms with Gasteiger partial charge in [0.2, 0.25) is 0 Å². The maximum atomic E-state index is 13.0. The van der Waals surface area contributed by atoms with Crippen molar-refractivity contribution in [2.45, 2.75) is 224 Å². The molecule has 6 aromatic heterocycles. The molecule has 16 heteroatoms. The van der Waals surface area contributed by atoms with Gasteiger partial charge in [0.15, 0.2) is 0 Å². The van der Waals surface area contributed by atoms with Crippen molar-refractivity contribution in [1.82, 2.24) is 40.1 Å². The fourth-order valence-electron chi connectivity index (χ4n) is 14.6. The van der Waals surface area contributed by atoms with Crippen LogP contribution in [0.25, 0.3) is 76.5 Å². The topological polar surface area (TPSA) is 180 Å². The quantitative estimate of drug-likeness (QED) is 0.0672. The van der Waals surface area contributed by atoms with E-state index in [2.05, 4.69) is 227 Å². The Morgan fingerprint density at radius 1 is 0.407 bits per heavy atom. The highest BCUT2D eigenvalue weighted by atomic mass is 19.4. The predicted molar refractivity (Wildman–Crippen MR) is 466 cm³/mol. The number of aromatic nitrogens is 6. The maximum absolute atomic E-state index is 13.0. The van der Waals surface area contributed by atoms with Crippen molar-refractivity contribution < 1.29 is 37.0 Å². The first-order valence-corrected chi connectivity index (χ1v) is 40.1. The Kier molecular flexibility index (Phi) is 27.2. The molecular weight excluding hydrogens is 1410 g/mol. The number of carbonyl (C=O) groups excluding carboxylic acids is 3. The van der Waals surface area contributed by atoms with E-state index in [1.165, 1.54) is 56.5 Å². The number of carbonyl (C=O) groups is 3. The van der Waals surface area contributed by atoms with Crippen LogP contribution in [0.3, 0.4) is 0 Å². The molecular formula is C97H123F3N8O5. The SMILES string of the molecule is CC(C)(C)c1cc2[nH]ccc2cc1C(=O)N1CCCCC1.CC(C)(C)c1cc2[nH]ccc2cc1C(F)(F)F.CC(C)CNC(=O)c1cc2cc[nH]c2cc1C(C)(C)C.CCOC(=O)c1cc2cc[nH]c2cc1C(C)(C)C.CCOc1ccccc1-c1cc2cc[nH]c2cc1C(C)(C)C.CCc1cc2cc[nH]c2cc1C(C)(C)C. The highest BCUT2D eigenvalue weighted by molar-refractivity contribution is 6.02. The van der Waals surface area contributed by atoms with E-state index in [9.17, 15) is 27.6 Å². The van der Waals surface area contributed by atoms with Crippen LogP contribution < -0.4 is 10.1 Å². The van der Waals surface area contributed by atoms with Crippen LogP contribution in [0.15, 0.2) is 171 Å². The Bertz CT molecular complexity index is 5340. The van der Waals surface area contributed by atoms with Crippen molar-refractivity contribution in [3.05, 3.63) is 232 Å². The summed E-state index contributed by atoms with van der Waals surface area (Å²) in [6, 6.07) is 44.4. The Morgan fingerprint density at radius 2 is 0.779 bits per heavy atom. The monoisotopic (exact) mass is 1540 g/mol. The number of rotatable bonds is 10. The normalized spacial score (nSPS) is 13.0. The molecule has 0 spiro atoms. The fraction of sp³-hybridized carbons (Fsp3) is 0.412. The number of hydrogen-bond donors (Lipinski definition) is 7.